The first-order valence-corrected chi connectivity index (χ1v) is 11.2. The number of nitrogens with zero attached hydrogens (tertiary/aromatic N) is 3. The number of benzene rings is 2. The van der Waals surface area contributed by atoms with Crippen LogP contribution in [-0.4, -0.2) is 25.7 Å². The quantitative estimate of drug-likeness (QED) is 0.387. The van der Waals surface area contributed by atoms with Gasteiger partial charge in [0, 0.05) is 16.3 Å². The molecule has 10 heteroatoms. The van der Waals surface area contributed by atoms with Crippen LogP contribution in [0, 0.1) is 6.92 Å². The van der Waals surface area contributed by atoms with Crippen molar-refractivity contribution in [1.82, 2.24) is 25.1 Å². The van der Waals surface area contributed by atoms with E-state index >= 15 is 0 Å². The molecule has 0 saturated heterocycles. The van der Waals surface area contributed by atoms with Crippen molar-refractivity contribution in [3.63, 3.8) is 0 Å². The highest BCUT2D eigenvalue weighted by Crippen LogP contribution is 2.37. The number of carbonyl (C=O) groups is 1. The van der Waals surface area contributed by atoms with Crippen LogP contribution < -0.4 is 5.32 Å². The average Bonchev–Trinajstić information content (AvgIpc) is 3.49. The number of hydrogen-bond donors (Lipinski definition) is 2. The van der Waals surface area contributed by atoms with Gasteiger partial charge >= 0.3 is 6.18 Å². The lowest BCUT2D eigenvalue weighted by molar-refractivity contribution is -0.137. The average molecular weight is 488 g/mol. The molecule has 4 aromatic rings. The molecule has 2 N–H and O–H groups in total. The Morgan fingerprint density at radius 1 is 1.21 bits per heavy atom. The highest BCUT2D eigenvalue weighted by molar-refractivity contribution is 6.31. The van der Waals surface area contributed by atoms with Gasteiger partial charge in [0.25, 0.3) is 5.91 Å². The number of aromatic nitrogens is 4. The predicted molar refractivity (Wildman–Crippen MR) is 122 cm³/mol. The van der Waals surface area contributed by atoms with Crippen LogP contribution in [-0.2, 0) is 19.0 Å². The molecule has 34 heavy (non-hydrogen) atoms. The first-order chi connectivity index (χ1) is 16.1. The SMILES string of the molecule is Cc1nn(-c2ccc(C(=O)N[C@@H](C)c3nc4ccc(Cl)cc4[nH]3)cc2C(F)(F)F)c2c1CCC2. The van der Waals surface area contributed by atoms with Crippen molar-refractivity contribution < 1.29 is 18.0 Å². The minimum Gasteiger partial charge on any atom is -0.342 e. The largest absolute Gasteiger partial charge is 0.418 e. The van der Waals surface area contributed by atoms with E-state index in [2.05, 4.69) is 20.4 Å². The number of amides is 1. The molecule has 0 unspecified atom stereocenters. The molecule has 2 heterocycles. The number of alkyl halides is 3. The molecule has 2 aromatic carbocycles. The lowest BCUT2D eigenvalue weighted by Crippen LogP contribution is -2.28. The molecular weight excluding hydrogens is 467 g/mol. The van der Waals surface area contributed by atoms with Gasteiger partial charge in [-0.05, 0) is 75.1 Å². The maximum absolute atomic E-state index is 14.0. The normalized spacial score (nSPS) is 14.4. The van der Waals surface area contributed by atoms with E-state index < -0.39 is 23.7 Å². The third-order valence-corrected chi connectivity index (χ3v) is 6.38. The number of rotatable bonds is 4. The van der Waals surface area contributed by atoms with E-state index in [1.165, 1.54) is 16.8 Å². The summed E-state index contributed by atoms with van der Waals surface area (Å²) < 4.78 is 43.4. The van der Waals surface area contributed by atoms with Crippen LogP contribution in [0.3, 0.4) is 0 Å². The topological polar surface area (TPSA) is 75.6 Å². The molecular formula is C24H21ClF3N5O. The zero-order valence-corrected chi connectivity index (χ0v) is 19.2. The minimum atomic E-state index is -4.65. The maximum atomic E-state index is 14.0. The van der Waals surface area contributed by atoms with Crippen molar-refractivity contribution in [3.05, 3.63) is 75.3 Å². The van der Waals surface area contributed by atoms with E-state index in [-0.39, 0.29) is 11.3 Å². The Morgan fingerprint density at radius 3 is 2.76 bits per heavy atom. The third kappa shape index (κ3) is 3.94. The number of halogens is 4. The number of imidazole rings is 1. The molecule has 1 aliphatic rings. The summed E-state index contributed by atoms with van der Waals surface area (Å²) >= 11 is 6.00. The Kier molecular flexibility index (Phi) is 5.39. The van der Waals surface area contributed by atoms with Crippen molar-refractivity contribution in [3.8, 4) is 5.69 Å². The fourth-order valence-corrected chi connectivity index (χ4v) is 4.64. The van der Waals surface area contributed by atoms with Gasteiger partial charge in [0.05, 0.1) is 34.0 Å². The van der Waals surface area contributed by atoms with E-state index in [1.807, 2.05) is 6.92 Å². The number of carbonyl (C=O) groups excluding carboxylic acids is 1. The van der Waals surface area contributed by atoms with Crippen LogP contribution in [0.2, 0.25) is 5.02 Å². The van der Waals surface area contributed by atoms with Crippen LogP contribution in [0.15, 0.2) is 36.4 Å². The fraction of sp³-hybridized carbons (Fsp3) is 0.292. The standard InChI is InChI=1S/C24H21ClF3N5O/c1-12-16-4-3-5-20(16)33(32-12)21-9-6-14(10-17(21)24(26,27)28)23(34)29-13(2)22-30-18-8-7-15(25)11-19(18)31-22/h6-11,13H,3-5H2,1-2H3,(H,29,34)(H,30,31)/t13-/m0/s1. The van der Waals surface area contributed by atoms with E-state index in [0.29, 0.717) is 28.3 Å². The van der Waals surface area contributed by atoms with Gasteiger partial charge in [-0.3, -0.25) is 4.79 Å². The molecule has 5 rings (SSSR count). The zero-order valence-electron chi connectivity index (χ0n) is 18.4. The van der Waals surface area contributed by atoms with Crippen LogP contribution in [0.25, 0.3) is 16.7 Å². The Bertz CT molecular complexity index is 1420. The van der Waals surface area contributed by atoms with Gasteiger partial charge < -0.3 is 10.3 Å². The van der Waals surface area contributed by atoms with E-state index in [1.54, 1.807) is 25.1 Å². The molecule has 6 nitrogen and oxygen atoms in total. The van der Waals surface area contributed by atoms with Gasteiger partial charge in [0.1, 0.15) is 5.82 Å². The van der Waals surface area contributed by atoms with Crippen LogP contribution in [0.5, 0.6) is 0 Å². The summed E-state index contributed by atoms with van der Waals surface area (Å²) in [6.07, 6.45) is -2.27. The molecule has 2 aromatic heterocycles. The molecule has 0 spiro atoms. The number of fused-ring (bicyclic) bond motifs is 2. The molecule has 1 aliphatic carbocycles. The second kappa shape index (κ2) is 8.16. The first-order valence-electron chi connectivity index (χ1n) is 10.9. The van der Waals surface area contributed by atoms with Gasteiger partial charge in [-0.25, -0.2) is 9.67 Å². The number of aromatic amines is 1. The number of hydrogen-bond acceptors (Lipinski definition) is 3. The number of aryl methyl sites for hydroxylation is 1. The lowest BCUT2D eigenvalue weighted by Gasteiger charge is -2.17. The monoisotopic (exact) mass is 487 g/mol. The summed E-state index contributed by atoms with van der Waals surface area (Å²) in [5.74, 6) is -0.161. The molecule has 0 radical (unpaired) electrons. The summed E-state index contributed by atoms with van der Waals surface area (Å²) in [5.41, 5.74) is 2.86. The second-order valence-corrected chi connectivity index (χ2v) is 8.92. The van der Waals surface area contributed by atoms with Crippen molar-refractivity contribution in [2.45, 2.75) is 45.3 Å². The smallest absolute Gasteiger partial charge is 0.342 e. The summed E-state index contributed by atoms with van der Waals surface area (Å²) in [5, 5.41) is 7.62. The lowest BCUT2D eigenvalue weighted by atomic mass is 10.1. The van der Waals surface area contributed by atoms with Crippen molar-refractivity contribution in [2.75, 3.05) is 0 Å². The Balaban J connectivity index is 1.45. The summed E-state index contributed by atoms with van der Waals surface area (Å²) in [7, 11) is 0. The van der Waals surface area contributed by atoms with Gasteiger partial charge in [-0.15, -0.1) is 0 Å². The molecule has 1 atom stereocenters. The minimum absolute atomic E-state index is 0.0717. The number of nitrogens with one attached hydrogen (secondary N) is 2. The highest BCUT2D eigenvalue weighted by atomic mass is 35.5. The molecule has 1 amide bonds. The Hall–Kier alpha value is -3.33. The van der Waals surface area contributed by atoms with Gasteiger partial charge in [-0.1, -0.05) is 11.6 Å². The van der Waals surface area contributed by atoms with Crippen LogP contribution >= 0.6 is 11.6 Å². The molecule has 0 bridgehead atoms. The van der Waals surface area contributed by atoms with E-state index in [9.17, 15) is 18.0 Å². The van der Waals surface area contributed by atoms with Gasteiger partial charge in [0.2, 0.25) is 0 Å². The summed E-state index contributed by atoms with van der Waals surface area (Å²) in [6, 6.07) is 8.19. The fourth-order valence-electron chi connectivity index (χ4n) is 4.47. The zero-order chi connectivity index (χ0) is 24.2. The van der Waals surface area contributed by atoms with E-state index in [0.717, 1.165) is 35.9 Å². The van der Waals surface area contributed by atoms with E-state index in [4.69, 9.17) is 11.6 Å². The molecule has 176 valence electrons. The van der Waals surface area contributed by atoms with Crippen LogP contribution in [0.1, 0.15) is 58.1 Å². The summed E-state index contributed by atoms with van der Waals surface area (Å²) in [4.78, 5) is 20.4. The second-order valence-electron chi connectivity index (χ2n) is 8.48. The molecule has 0 aliphatic heterocycles. The number of H-pyrrole nitrogens is 1. The van der Waals surface area contributed by atoms with Gasteiger partial charge in [-0.2, -0.15) is 18.3 Å². The third-order valence-electron chi connectivity index (χ3n) is 6.14. The van der Waals surface area contributed by atoms with Gasteiger partial charge in [0.15, 0.2) is 0 Å². The predicted octanol–water partition coefficient (Wildman–Crippen LogP) is 5.71. The first kappa shape index (κ1) is 22.5. The Morgan fingerprint density at radius 2 is 2.00 bits per heavy atom. The Labute approximate surface area is 198 Å². The van der Waals surface area contributed by atoms with Crippen molar-refractivity contribution >= 4 is 28.5 Å². The molecule has 0 saturated carbocycles. The highest BCUT2D eigenvalue weighted by Gasteiger charge is 2.36. The van der Waals surface area contributed by atoms with Crippen LogP contribution in [0.4, 0.5) is 13.2 Å². The van der Waals surface area contributed by atoms with Crippen molar-refractivity contribution in [1.29, 1.82) is 0 Å². The molecule has 0 fully saturated rings. The maximum Gasteiger partial charge on any atom is 0.418 e. The summed E-state index contributed by atoms with van der Waals surface area (Å²) in [6.45, 7) is 3.51. The van der Waals surface area contributed by atoms with Crippen molar-refractivity contribution in [2.24, 2.45) is 0 Å².